The van der Waals surface area contributed by atoms with Gasteiger partial charge >= 0.3 is 12.4 Å². The van der Waals surface area contributed by atoms with Crippen LogP contribution in [0.2, 0.25) is 0 Å². The number of carbonyl (C=O) groups excluding carboxylic acids is 2. The van der Waals surface area contributed by atoms with Crippen LogP contribution in [-0.4, -0.2) is 90.3 Å². The number of primary amides is 1. The molecule has 0 aliphatic carbocycles. The molecule has 2 aromatic carbocycles. The molecule has 3 aromatic rings. The minimum absolute atomic E-state index is 0. The third-order valence-electron chi connectivity index (χ3n) is 7.89. The summed E-state index contributed by atoms with van der Waals surface area (Å²) in [5, 5.41) is 0.812. The fraction of sp³-hybridized carbons (Fsp3) is 0.448. The van der Waals surface area contributed by atoms with Gasteiger partial charge in [0.1, 0.15) is 0 Å². The number of Topliss-reactive ketones (excluding diaryl/α,β-unsaturated/α-hetero) is 1. The molecule has 0 radical (unpaired) electrons. The number of likely N-dealkylation sites (N-methyl/N-ethyl adjacent to an activating group) is 2. The molecule has 1 aromatic heterocycles. The Morgan fingerprint density at radius 3 is 2.14 bits per heavy atom. The Morgan fingerprint density at radius 2 is 1.59 bits per heavy atom. The summed E-state index contributed by atoms with van der Waals surface area (Å²) in [5.41, 5.74) is 2.00. The van der Waals surface area contributed by atoms with Crippen molar-refractivity contribution in [3.8, 4) is 0 Å². The number of para-hydroxylation sites is 1. The van der Waals surface area contributed by atoms with Crippen molar-refractivity contribution in [1.82, 2.24) is 19.7 Å². The molecule has 7 nitrogen and oxygen atoms in total. The van der Waals surface area contributed by atoms with E-state index in [2.05, 4.69) is 4.98 Å². The molecular weight excluding hydrogens is 635 g/mol. The van der Waals surface area contributed by atoms with Crippen molar-refractivity contribution in [3.63, 3.8) is 0 Å². The zero-order chi connectivity index (χ0) is 31.0. The molecule has 0 bridgehead atoms. The molecule has 0 saturated carbocycles. The lowest BCUT2D eigenvalue weighted by Gasteiger charge is -2.55. The van der Waals surface area contributed by atoms with Crippen molar-refractivity contribution in [2.24, 2.45) is 5.73 Å². The Labute approximate surface area is 263 Å². The normalized spacial score (nSPS) is 19.9. The monoisotopic (exact) mass is 669 g/mol. The van der Waals surface area contributed by atoms with Crippen LogP contribution in [0.3, 0.4) is 0 Å². The van der Waals surface area contributed by atoms with E-state index in [9.17, 15) is 35.9 Å². The first-order valence-corrected chi connectivity index (χ1v) is 13.3. The molecule has 2 heterocycles. The average Bonchev–Trinajstić information content (AvgIpc) is 3.28. The average molecular weight is 671 g/mol. The molecule has 244 valence electrons. The van der Waals surface area contributed by atoms with Crippen molar-refractivity contribution in [2.75, 3.05) is 47.3 Å². The molecular formula is C29H35Cl2F6N5O2. The molecule has 2 atom stereocenters. The molecule has 44 heavy (non-hydrogen) atoms. The molecule has 15 heteroatoms. The van der Waals surface area contributed by atoms with Crippen LogP contribution in [0.1, 0.15) is 33.5 Å². The summed E-state index contributed by atoms with van der Waals surface area (Å²) in [7, 11) is 5.26. The molecule has 3 N–H and O–H groups in total. The van der Waals surface area contributed by atoms with Gasteiger partial charge in [0, 0.05) is 55.3 Å². The summed E-state index contributed by atoms with van der Waals surface area (Å²) in [4.78, 5) is 35.5. The second kappa shape index (κ2) is 14.1. The Kier molecular flexibility index (Phi) is 11.9. The second-order valence-electron chi connectivity index (χ2n) is 11.1. The Bertz CT molecular complexity index is 1430. The lowest BCUT2D eigenvalue weighted by Crippen LogP contribution is -2.72. The van der Waals surface area contributed by atoms with E-state index in [4.69, 9.17) is 5.73 Å². The van der Waals surface area contributed by atoms with Crippen LogP contribution in [0, 0.1) is 0 Å². The van der Waals surface area contributed by atoms with Gasteiger partial charge in [-0.25, -0.2) is 0 Å². The minimum atomic E-state index is -5.12. The SMILES string of the molecule is CN(C)CCN1CCN(C)C(C(=O)c2cc(C(F)(F)F)cc(C(F)(F)F)c2)C1(CC(N)=O)Cc1c[nH]c2ccccc12.Cl.Cl. The lowest BCUT2D eigenvalue weighted by molar-refractivity contribution is -0.143. The largest absolute Gasteiger partial charge is 0.416 e. The van der Waals surface area contributed by atoms with Crippen molar-refractivity contribution in [1.29, 1.82) is 0 Å². The van der Waals surface area contributed by atoms with E-state index in [0.717, 1.165) is 16.5 Å². The maximum absolute atomic E-state index is 14.3. The van der Waals surface area contributed by atoms with E-state index in [1.54, 1.807) is 18.1 Å². The van der Waals surface area contributed by atoms with Gasteiger partial charge in [0.25, 0.3) is 0 Å². The number of benzene rings is 2. The third kappa shape index (κ3) is 7.86. The highest BCUT2D eigenvalue weighted by molar-refractivity contribution is 6.02. The summed E-state index contributed by atoms with van der Waals surface area (Å²) >= 11 is 0. The van der Waals surface area contributed by atoms with Gasteiger partial charge in [-0.1, -0.05) is 18.2 Å². The molecule has 1 aliphatic heterocycles. The van der Waals surface area contributed by atoms with Crippen molar-refractivity contribution in [3.05, 3.63) is 70.9 Å². The maximum Gasteiger partial charge on any atom is 0.416 e. The van der Waals surface area contributed by atoms with E-state index in [1.807, 2.05) is 48.2 Å². The van der Waals surface area contributed by atoms with Crippen LogP contribution in [-0.2, 0) is 23.6 Å². The Hall–Kier alpha value is -2.84. The van der Waals surface area contributed by atoms with Crippen LogP contribution in [0.25, 0.3) is 10.9 Å². The predicted octanol–water partition coefficient (Wildman–Crippen LogP) is 5.27. The number of nitrogens with one attached hydrogen (secondary N) is 1. The molecule has 1 saturated heterocycles. The number of aromatic nitrogens is 1. The van der Waals surface area contributed by atoms with Crippen LogP contribution < -0.4 is 5.73 Å². The van der Waals surface area contributed by atoms with E-state index in [0.29, 0.717) is 31.8 Å². The number of hydrogen-bond acceptors (Lipinski definition) is 5. The van der Waals surface area contributed by atoms with Gasteiger partial charge in [0.05, 0.1) is 22.7 Å². The smallest absolute Gasteiger partial charge is 0.370 e. The van der Waals surface area contributed by atoms with E-state index in [1.165, 1.54) is 0 Å². The number of amides is 1. The quantitative estimate of drug-likeness (QED) is 0.240. The van der Waals surface area contributed by atoms with E-state index >= 15 is 0 Å². The van der Waals surface area contributed by atoms with Gasteiger partial charge in [0.15, 0.2) is 5.78 Å². The highest BCUT2D eigenvalue weighted by atomic mass is 35.5. The number of nitrogens with two attached hydrogens (primary N) is 1. The van der Waals surface area contributed by atoms with Gasteiger partial charge in [0.2, 0.25) is 5.91 Å². The Balaban J connectivity index is 0.00000337. The number of ketones is 1. The molecule has 4 rings (SSSR count). The standard InChI is InChI=1S/C29H33F6N5O2.2ClH/c1-38(2)8-10-40-11-9-39(3)26(25(42)18-12-20(28(30,31)32)14-21(13-18)29(33,34)35)27(40,16-24(36)41)15-19-17-37-23-7-5-4-6-22(19)23;;/h4-7,12-14,17,26,37H,8-11,15-16H2,1-3H3,(H2,36,41);2*1H. The van der Waals surface area contributed by atoms with Gasteiger partial charge in [-0.3, -0.25) is 19.4 Å². The number of hydrogen-bond donors (Lipinski definition) is 2. The fourth-order valence-electron chi connectivity index (χ4n) is 5.96. The highest BCUT2D eigenvalue weighted by Gasteiger charge is 2.53. The molecule has 1 amide bonds. The summed E-state index contributed by atoms with van der Waals surface area (Å²) in [5.74, 6) is -1.71. The summed E-state index contributed by atoms with van der Waals surface area (Å²) < 4.78 is 82.3. The zero-order valence-electron chi connectivity index (χ0n) is 24.3. The number of rotatable bonds is 9. The number of aromatic amines is 1. The third-order valence-corrected chi connectivity index (χ3v) is 7.89. The van der Waals surface area contributed by atoms with Gasteiger partial charge < -0.3 is 15.6 Å². The van der Waals surface area contributed by atoms with Crippen LogP contribution in [0.5, 0.6) is 0 Å². The number of halogens is 8. The number of fused-ring (bicyclic) bond motifs is 1. The van der Waals surface area contributed by atoms with Gasteiger partial charge in [-0.2, -0.15) is 26.3 Å². The predicted molar refractivity (Wildman–Crippen MR) is 160 cm³/mol. The van der Waals surface area contributed by atoms with Gasteiger partial charge in [-0.05, 0) is 57.4 Å². The van der Waals surface area contributed by atoms with Crippen molar-refractivity contribution in [2.45, 2.75) is 36.8 Å². The highest BCUT2D eigenvalue weighted by Crippen LogP contribution is 2.40. The zero-order valence-corrected chi connectivity index (χ0v) is 25.9. The van der Waals surface area contributed by atoms with E-state index < -0.39 is 52.3 Å². The van der Waals surface area contributed by atoms with Crippen LogP contribution >= 0.6 is 24.8 Å². The first kappa shape index (κ1) is 37.3. The molecule has 1 aliphatic rings. The van der Waals surface area contributed by atoms with Crippen molar-refractivity contribution < 1.29 is 35.9 Å². The first-order chi connectivity index (χ1) is 19.5. The summed E-state index contributed by atoms with van der Waals surface area (Å²) in [6, 6.07) is 6.96. The number of alkyl halides is 6. The number of nitrogens with zero attached hydrogens (tertiary/aromatic N) is 3. The fourth-order valence-corrected chi connectivity index (χ4v) is 5.96. The van der Waals surface area contributed by atoms with Gasteiger partial charge in [-0.15, -0.1) is 24.8 Å². The Morgan fingerprint density at radius 1 is 1.00 bits per heavy atom. The first-order valence-electron chi connectivity index (χ1n) is 13.3. The lowest BCUT2D eigenvalue weighted by atomic mass is 9.73. The van der Waals surface area contributed by atoms with E-state index in [-0.39, 0.29) is 50.3 Å². The maximum atomic E-state index is 14.3. The minimum Gasteiger partial charge on any atom is -0.370 e. The topological polar surface area (TPSA) is 85.7 Å². The number of H-pyrrole nitrogens is 1. The van der Waals surface area contributed by atoms with Crippen molar-refractivity contribution >= 4 is 47.4 Å². The number of piperazine rings is 1. The summed E-state index contributed by atoms with van der Waals surface area (Å²) in [6.07, 6.45) is -8.79. The van der Waals surface area contributed by atoms with Crippen LogP contribution in [0.15, 0.2) is 48.7 Å². The second-order valence-corrected chi connectivity index (χ2v) is 11.1. The molecule has 0 spiro atoms. The van der Waals surface area contributed by atoms with Crippen LogP contribution in [0.4, 0.5) is 26.3 Å². The molecule has 1 fully saturated rings. The molecule has 2 unspecified atom stereocenters. The summed E-state index contributed by atoms with van der Waals surface area (Å²) in [6.45, 7) is 1.56. The number of carbonyl (C=O) groups is 2.